The first-order valence-electron chi connectivity index (χ1n) is 24.9. The van der Waals surface area contributed by atoms with E-state index in [1.165, 1.54) is 0 Å². The Labute approximate surface area is 415 Å². The number of piperidine rings is 1. The van der Waals surface area contributed by atoms with E-state index in [-0.39, 0.29) is 60.5 Å². The van der Waals surface area contributed by atoms with Gasteiger partial charge in [0.05, 0.1) is 53.9 Å². The highest BCUT2D eigenvalue weighted by Gasteiger charge is 2.46. The third-order valence-electron chi connectivity index (χ3n) is 14.4. The second-order valence-corrected chi connectivity index (χ2v) is 20.3. The minimum atomic E-state index is -1.64. The van der Waals surface area contributed by atoms with Crippen molar-refractivity contribution in [2.45, 2.75) is 132 Å². The highest BCUT2D eigenvalue weighted by atomic mass is 19.1. The summed E-state index contributed by atoms with van der Waals surface area (Å²) in [6.45, 7) is 7.22. The predicted octanol–water partition coefficient (Wildman–Crippen LogP) is 5.11. The number of halogens is 2. The minimum Gasteiger partial charge on any atom is -0.443 e. The number of rotatable bonds is 14. The molecule has 2 saturated heterocycles. The van der Waals surface area contributed by atoms with Gasteiger partial charge in [0.25, 0.3) is 5.82 Å². The van der Waals surface area contributed by atoms with Gasteiger partial charge in [0, 0.05) is 64.2 Å². The summed E-state index contributed by atoms with van der Waals surface area (Å²) in [6.07, 6.45) is 7.22. The third kappa shape index (κ3) is 9.13. The Morgan fingerprint density at radius 1 is 1.00 bits per heavy atom. The molecule has 73 heavy (non-hydrogen) atoms. The molecular formula is C48H56F2N18O5+2. The highest BCUT2D eigenvalue weighted by Crippen LogP contribution is 2.40. The normalized spacial score (nSPS) is 23.7. The number of alkyl carbamates (subject to hydrolysis) is 2. The van der Waals surface area contributed by atoms with Crippen molar-refractivity contribution in [3.8, 4) is 17.3 Å². The molecule has 0 unspecified atom stereocenters. The van der Waals surface area contributed by atoms with E-state index in [1.54, 1.807) is 29.1 Å². The number of nitriles is 1. The van der Waals surface area contributed by atoms with Gasteiger partial charge in [0.15, 0.2) is 35.1 Å². The fourth-order valence-corrected chi connectivity index (χ4v) is 10.2. The molecule has 3 saturated carbocycles. The molecule has 7 aromatic heterocycles. The SMILES string of the molecule is CC(C)NC(=O)O[C@H]1C[C@@H](c2cc(Nc3nc(C4CCNCC4)cn4nccc34)[n+](-n3ccc(-c4cnc(Nc5cc([C@@H]6OC[C@H](OC(=O)NC7(C)CC7)[C@H]6F)[nH]n5)n5cc(C#N)nc45)[n+]3C3CC3)[nH]2)C[C@H]1F. The van der Waals surface area contributed by atoms with Crippen LogP contribution in [0.5, 0.6) is 0 Å². The number of hydrogen-bond donors (Lipinski definition) is 7. The first-order chi connectivity index (χ1) is 35.4. The van der Waals surface area contributed by atoms with Gasteiger partial charge in [-0.2, -0.15) is 25.9 Å². The molecule has 0 radical (unpaired) electrons. The Morgan fingerprint density at radius 2 is 1.82 bits per heavy atom. The van der Waals surface area contributed by atoms with E-state index in [2.05, 4.69) is 57.7 Å². The number of aromatic nitrogens is 12. The molecule has 23 nitrogen and oxygen atoms in total. The second kappa shape index (κ2) is 18.4. The maximum absolute atomic E-state index is 15.7. The third-order valence-corrected chi connectivity index (χ3v) is 14.4. The number of ether oxygens (including phenoxy) is 3. The molecule has 3 aliphatic carbocycles. The van der Waals surface area contributed by atoms with Crippen LogP contribution in [0, 0.1) is 11.3 Å². The van der Waals surface area contributed by atoms with Gasteiger partial charge in [-0.25, -0.2) is 37.8 Å². The van der Waals surface area contributed by atoms with Gasteiger partial charge in [0.2, 0.25) is 5.95 Å². The lowest BCUT2D eigenvalue weighted by Crippen LogP contribution is -2.60. The summed E-state index contributed by atoms with van der Waals surface area (Å²) in [5.41, 5.74) is 4.40. The van der Waals surface area contributed by atoms with E-state index >= 15 is 8.78 Å². The largest absolute Gasteiger partial charge is 0.443 e. The molecule has 25 heteroatoms. The maximum Gasteiger partial charge on any atom is 0.408 e. The molecule has 0 spiro atoms. The first-order valence-corrected chi connectivity index (χ1v) is 24.9. The first kappa shape index (κ1) is 46.4. The number of aromatic amines is 2. The monoisotopic (exact) mass is 1000 g/mol. The predicted molar refractivity (Wildman–Crippen MR) is 254 cm³/mol. The average molecular weight is 1000 g/mol. The topological polar surface area (TPSA) is 263 Å². The summed E-state index contributed by atoms with van der Waals surface area (Å²) in [5, 5.41) is 41.2. The van der Waals surface area contributed by atoms with Gasteiger partial charge in [-0.15, -0.1) is 4.68 Å². The summed E-state index contributed by atoms with van der Waals surface area (Å²) < 4.78 is 53.8. The molecule has 2 amide bonds. The smallest absolute Gasteiger partial charge is 0.408 e. The van der Waals surface area contributed by atoms with Gasteiger partial charge >= 0.3 is 18.0 Å². The summed E-state index contributed by atoms with van der Waals surface area (Å²) >= 11 is 0. The summed E-state index contributed by atoms with van der Waals surface area (Å²) in [6, 6.07) is 9.46. The summed E-state index contributed by atoms with van der Waals surface area (Å²) in [5.74, 6) is 1.70. The number of amides is 2. The lowest BCUT2D eigenvalue weighted by molar-refractivity contribution is -0.962. The fraction of sp³-hybridized carbons (Fsp3) is 0.500. The van der Waals surface area contributed by atoms with Crippen LogP contribution in [0.4, 0.5) is 41.8 Å². The number of imidazole rings is 1. The lowest BCUT2D eigenvalue weighted by atomic mass is 9.95. The molecular weight excluding hydrogens is 947 g/mol. The van der Waals surface area contributed by atoms with E-state index in [9.17, 15) is 14.9 Å². The standard InChI is InChI=1S/C48H54F2N18O5/c1-25(2)55-46(69)72-37-17-27(16-31(37)49)32-19-40(59-43-36-8-14-54-65(36)23-34(57-43)26-6-12-52-13-7-26)68(63-32)66-15-9-35(67(66)29-4-5-29)30-21-53-45(64-22-28(20-51)56-44(30)64)58-39-18-33(61-62-39)42-41(50)38(24-71-42)73-47(70)60-48(3)10-11-48/h8-9,14-15,18-19,21-23,25-27,29,31,37-38,41-42,52H,4-7,10-13,16-17,24H2,1-3H3,(H4,55,57,59,60,61,62,63,69,70)/p+2/t27-,31+,37-,38-,41+,42-/m0/s1. The number of alkyl halides is 2. The fourth-order valence-electron chi connectivity index (χ4n) is 10.2. The van der Waals surface area contributed by atoms with Crippen molar-refractivity contribution in [1.82, 2.24) is 65.0 Å². The van der Waals surface area contributed by atoms with Crippen LogP contribution in [0.25, 0.3) is 22.4 Å². The number of nitrogens with one attached hydrogen (secondary N) is 7. The molecule has 9 heterocycles. The molecule has 7 aromatic rings. The Bertz CT molecular complexity index is 3270. The van der Waals surface area contributed by atoms with Gasteiger partial charge in [-0.1, -0.05) is 0 Å². The van der Waals surface area contributed by atoms with Crippen molar-refractivity contribution in [3.05, 3.63) is 78.0 Å². The molecule has 380 valence electrons. The number of anilines is 4. The molecule has 7 N–H and O–H groups in total. The van der Waals surface area contributed by atoms with Crippen molar-refractivity contribution < 1.29 is 42.1 Å². The van der Waals surface area contributed by atoms with E-state index in [0.717, 1.165) is 74.2 Å². The zero-order valence-corrected chi connectivity index (χ0v) is 40.4. The van der Waals surface area contributed by atoms with E-state index in [4.69, 9.17) is 29.2 Å². The van der Waals surface area contributed by atoms with Gasteiger partial charge in [-0.05, 0) is 78.5 Å². The number of fused-ring (bicyclic) bond motifs is 2. The Hall–Kier alpha value is -7.72. The van der Waals surface area contributed by atoms with Gasteiger partial charge < -0.3 is 35.5 Å². The highest BCUT2D eigenvalue weighted by molar-refractivity contribution is 5.76. The van der Waals surface area contributed by atoms with E-state index in [0.29, 0.717) is 34.4 Å². The zero-order chi connectivity index (χ0) is 50.1. The van der Waals surface area contributed by atoms with Crippen LogP contribution >= 0.6 is 0 Å². The molecule has 0 aromatic carbocycles. The van der Waals surface area contributed by atoms with Gasteiger partial charge in [-0.3, -0.25) is 9.50 Å². The van der Waals surface area contributed by atoms with Crippen LogP contribution < -0.4 is 36.1 Å². The number of carbonyl (C=O) groups is 2. The Kier molecular flexibility index (Phi) is 11.7. The van der Waals surface area contributed by atoms with E-state index in [1.807, 2.05) is 65.5 Å². The maximum atomic E-state index is 15.7. The van der Waals surface area contributed by atoms with Crippen LogP contribution in [0.15, 0.2) is 55.2 Å². The Morgan fingerprint density at radius 3 is 2.60 bits per heavy atom. The number of hydrogen-bond acceptors (Lipinski definition) is 14. The summed E-state index contributed by atoms with van der Waals surface area (Å²) in [4.78, 5) is 43.6. The molecule has 5 fully saturated rings. The minimum absolute atomic E-state index is 0.0580. The Balaban J connectivity index is 0.870. The molecule has 6 atom stereocenters. The van der Waals surface area contributed by atoms with Gasteiger partial charge in [0.1, 0.15) is 42.2 Å². The summed E-state index contributed by atoms with van der Waals surface area (Å²) in [7, 11) is 0. The van der Waals surface area contributed by atoms with Crippen LogP contribution in [-0.2, 0) is 14.2 Å². The molecule has 2 aliphatic heterocycles. The molecule has 5 aliphatic rings. The second-order valence-electron chi connectivity index (χ2n) is 20.3. The van der Waals surface area contributed by atoms with Crippen molar-refractivity contribution in [3.63, 3.8) is 0 Å². The van der Waals surface area contributed by atoms with Crippen LogP contribution in [0.2, 0.25) is 0 Å². The van der Waals surface area contributed by atoms with E-state index < -0.39 is 42.8 Å². The molecule has 0 bridgehead atoms. The van der Waals surface area contributed by atoms with Crippen molar-refractivity contribution in [1.29, 1.82) is 5.26 Å². The lowest BCUT2D eigenvalue weighted by Gasteiger charge is -2.22. The molecule has 12 rings (SSSR count). The quantitative estimate of drug-likeness (QED) is 0.0699. The van der Waals surface area contributed by atoms with Crippen LogP contribution in [0.3, 0.4) is 0 Å². The number of nitrogens with zero attached hydrogens (tertiary/aromatic N) is 11. The average Bonchev–Trinajstić information content (AvgIpc) is 3.81. The number of carbonyl (C=O) groups excluding carboxylic acids is 2. The van der Waals surface area contributed by atoms with Crippen LogP contribution in [0.1, 0.15) is 119 Å². The van der Waals surface area contributed by atoms with Crippen molar-refractivity contribution in [2.75, 3.05) is 30.3 Å². The number of H-pyrrole nitrogens is 2. The van der Waals surface area contributed by atoms with Crippen molar-refractivity contribution >= 4 is 46.8 Å². The van der Waals surface area contributed by atoms with Crippen LogP contribution in [-0.4, -0.2) is 117 Å². The van der Waals surface area contributed by atoms with Crippen molar-refractivity contribution in [2.24, 2.45) is 0 Å². The zero-order valence-electron chi connectivity index (χ0n) is 40.4.